The van der Waals surface area contributed by atoms with E-state index in [9.17, 15) is 9.59 Å². The second-order valence-electron chi connectivity index (χ2n) is 8.93. The molecule has 6 nitrogen and oxygen atoms in total. The average Bonchev–Trinajstić information content (AvgIpc) is 3.64. The molecule has 0 radical (unpaired) electrons. The van der Waals surface area contributed by atoms with Crippen LogP contribution in [-0.4, -0.2) is 96.4 Å². The molecule has 174 valence electrons. The first-order valence-electron chi connectivity index (χ1n) is 11.7. The highest BCUT2D eigenvalue weighted by molar-refractivity contribution is 6.42. The molecule has 0 N–H and O–H groups in total. The summed E-state index contributed by atoms with van der Waals surface area (Å²) in [5, 5.41) is 0.948. The van der Waals surface area contributed by atoms with E-state index in [0.717, 1.165) is 44.2 Å². The van der Waals surface area contributed by atoms with Crippen LogP contribution in [0.4, 0.5) is 0 Å². The number of nitrogens with zero attached hydrogens (tertiary/aromatic N) is 4. The van der Waals surface area contributed by atoms with Gasteiger partial charge in [-0.3, -0.25) is 14.5 Å². The van der Waals surface area contributed by atoms with Crippen LogP contribution in [0.1, 0.15) is 31.2 Å². The molecule has 0 unspecified atom stereocenters. The van der Waals surface area contributed by atoms with Gasteiger partial charge in [-0.2, -0.15) is 0 Å². The smallest absolute Gasteiger partial charge is 0.246 e. The fourth-order valence-corrected chi connectivity index (χ4v) is 4.80. The van der Waals surface area contributed by atoms with E-state index in [0.29, 0.717) is 36.1 Å². The molecule has 4 rings (SSSR count). The zero-order valence-electron chi connectivity index (χ0n) is 18.5. The van der Waals surface area contributed by atoms with Crippen LogP contribution >= 0.6 is 23.2 Å². The van der Waals surface area contributed by atoms with Crippen molar-refractivity contribution in [2.75, 3.05) is 58.9 Å². The number of carbonyl (C=O) groups is 2. The third-order valence-corrected chi connectivity index (χ3v) is 7.37. The lowest BCUT2D eigenvalue weighted by Crippen LogP contribution is -2.47. The van der Waals surface area contributed by atoms with Gasteiger partial charge in [0.05, 0.1) is 10.0 Å². The summed E-state index contributed by atoms with van der Waals surface area (Å²) in [4.78, 5) is 34.0. The van der Waals surface area contributed by atoms with Gasteiger partial charge in [0, 0.05) is 70.9 Å². The van der Waals surface area contributed by atoms with Gasteiger partial charge < -0.3 is 14.7 Å². The SMILES string of the molecule is O=C(C=Cc1ccc(Cl)c(Cl)c1)N1CCC(=O)N(CCCN2CCN(C3CC3)CC2)CC1. The van der Waals surface area contributed by atoms with Gasteiger partial charge in [0.1, 0.15) is 0 Å². The molecule has 3 aliphatic rings. The molecule has 1 saturated carbocycles. The van der Waals surface area contributed by atoms with Gasteiger partial charge in [-0.15, -0.1) is 0 Å². The summed E-state index contributed by atoms with van der Waals surface area (Å²) < 4.78 is 0. The van der Waals surface area contributed by atoms with E-state index >= 15 is 0 Å². The van der Waals surface area contributed by atoms with Gasteiger partial charge in [-0.25, -0.2) is 0 Å². The third kappa shape index (κ3) is 6.47. The average molecular weight is 479 g/mol. The van der Waals surface area contributed by atoms with Crippen LogP contribution in [0.3, 0.4) is 0 Å². The van der Waals surface area contributed by atoms with Crippen LogP contribution in [-0.2, 0) is 9.59 Å². The van der Waals surface area contributed by atoms with Crippen molar-refractivity contribution >= 4 is 41.1 Å². The number of halogens is 2. The topological polar surface area (TPSA) is 47.1 Å². The molecule has 2 heterocycles. The molecule has 0 spiro atoms. The number of amides is 2. The predicted molar refractivity (Wildman–Crippen MR) is 129 cm³/mol. The molecule has 0 atom stereocenters. The van der Waals surface area contributed by atoms with Crippen LogP contribution in [0.5, 0.6) is 0 Å². The Bertz CT molecular complexity index is 850. The predicted octanol–water partition coefficient (Wildman–Crippen LogP) is 3.24. The molecule has 0 bridgehead atoms. The van der Waals surface area contributed by atoms with E-state index in [2.05, 4.69) is 9.80 Å². The Labute approximate surface area is 200 Å². The quantitative estimate of drug-likeness (QED) is 0.564. The molecule has 0 aromatic heterocycles. The van der Waals surface area contributed by atoms with Crippen molar-refractivity contribution in [1.29, 1.82) is 0 Å². The highest BCUT2D eigenvalue weighted by atomic mass is 35.5. The summed E-state index contributed by atoms with van der Waals surface area (Å²) in [5.41, 5.74) is 0.818. The molecule has 3 fully saturated rings. The van der Waals surface area contributed by atoms with Gasteiger partial charge in [-0.05, 0) is 49.6 Å². The second-order valence-corrected chi connectivity index (χ2v) is 9.74. The van der Waals surface area contributed by atoms with Crippen molar-refractivity contribution in [1.82, 2.24) is 19.6 Å². The Kier molecular flexibility index (Phi) is 8.11. The highest BCUT2D eigenvalue weighted by Gasteiger charge is 2.31. The zero-order chi connectivity index (χ0) is 22.5. The summed E-state index contributed by atoms with van der Waals surface area (Å²) in [7, 11) is 0. The van der Waals surface area contributed by atoms with Crippen molar-refractivity contribution in [3.63, 3.8) is 0 Å². The number of rotatable bonds is 7. The Hall–Kier alpha value is -1.60. The molecule has 1 aromatic carbocycles. The summed E-state index contributed by atoms with van der Waals surface area (Å²) in [6.07, 6.45) is 7.40. The van der Waals surface area contributed by atoms with Crippen LogP contribution in [0.15, 0.2) is 24.3 Å². The lowest BCUT2D eigenvalue weighted by atomic mass is 10.2. The minimum Gasteiger partial charge on any atom is -0.341 e. The summed E-state index contributed by atoms with van der Waals surface area (Å²) >= 11 is 12.0. The Morgan fingerprint density at radius 2 is 1.75 bits per heavy atom. The highest BCUT2D eigenvalue weighted by Crippen LogP contribution is 2.27. The molecule has 2 amide bonds. The van der Waals surface area contributed by atoms with E-state index in [1.54, 1.807) is 29.2 Å². The number of hydrogen-bond acceptors (Lipinski definition) is 4. The fourth-order valence-electron chi connectivity index (χ4n) is 4.49. The van der Waals surface area contributed by atoms with E-state index in [4.69, 9.17) is 23.2 Å². The number of carbonyl (C=O) groups excluding carboxylic acids is 2. The molecule has 1 aromatic rings. The van der Waals surface area contributed by atoms with E-state index < -0.39 is 0 Å². The first-order valence-corrected chi connectivity index (χ1v) is 12.4. The second kappa shape index (κ2) is 11.0. The maximum absolute atomic E-state index is 12.6. The Morgan fingerprint density at radius 3 is 2.47 bits per heavy atom. The first-order chi connectivity index (χ1) is 15.5. The van der Waals surface area contributed by atoms with Crippen molar-refractivity contribution < 1.29 is 9.59 Å². The van der Waals surface area contributed by atoms with Gasteiger partial charge in [0.2, 0.25) is 11.8 Å². The zero-order valence-corrected chi connectivity index (χ0v) is 20.0. The number of piperazine rings is 1. The Balaban J connectivity index is 1.19. The van der Waals surface area contributed by atoms with Crippen LogP contribution in [0.2, 0.25) is 10.0 Å². The lowest BCUT2D eigenvalue weighted by molar-refractivity contribution is -0.130. The van der Waals surface area contributed by atoms with Gasteiger partial charge in [-0.1, -0.05) is 29.3 Å². The molecular formula is C24H32Cl2N4O2. The summed E-state index contributed by atoms with van der Waals surface area (Å²) in [6.45, 7) is 8.07. The van der Waals surface area contributed by atoms with Crippen molar-refractivity contribution in [3.8, 4) is 0 Å². The maximum Gasteiger partial charge on any atom is 0.246 e. The minimum atomic E-state index is -0.0840. The van der Waals surface area contributed by atoms with E-state index in [1.165, 1.54) is 25.9 Å². The maximum atomic E-state index is 12.6. The molecule has 2 aliphatic heterocycles. The monoisotopic (exact) mass is 478 g/mol. The van der Waals surface area contributed by atoms with Gasteiger partial charge in [0.15, 0.2) is 0 Å². The first kappa shape index (κ1) is 23.6. The van der Waals surface area contributed by atoms with Crippen molar-refractivity contribution in [2.45, 2.75) is 31.7 Å². The largest absolute Gasteiger partial charge is 0.341 e. The number of benzene rings is 1. The molecule has 1 aliphatic carbocycles. The normalized spacial score (nSPS) is 21.4. The fraction of sp³-hybridized carbons (Fsp3) is 0.583. The molecular weight excluding hydrogens is 447 g/mol. The standard InChI is InChI=1S/C24H32Cl2N4O2/c25-21-6-2-19(18-22(21)26)3-7-23(31)30-11-8-24(32)29(16-17-30)10-1-9-27-12-14-28(15-13-27)20-4-5-20/h2-3,6-7,18,20H,1,4-5,8-17H2. The summed E-state index contributed by atoms with van der Waals surface area (Å²) in [5.74, 6) is 0.0616. The minimum absolute atomic E-state index is 0.0840. The Morgan fingerprint density at radius 1 is 0.969 bits per heavy atom. The third-order valence-electron chi connectivity index (χ3n) is 6.63. The van der Waals surface area contributed by atoms with E-state index in [1.807, 2.05) is 11.0 Å². The van der Waals surface area contributed by atoms with Crippen LogP contribution in [0, 0.1) is 0 Å². The van der Waals surface area contributed by atoms with Gasteiger partial charge in [0.25, 0.3) is 0 Å². The van der Waals surface area contributed by atoms with Crippen LogP contribution in [0.25, 0.3) is 6.08 Å². The van der Waals surface area contributed by atoms with E-state index in [-0.39, 0.29) is 11.8 Å². The number of hydrogen-bond donors (Lipinski definition) is 0. The molecule has 8 heteroatoms. The molecule has 32 heavy (non-hydrogen) atoms. The van der Waals surface area contributed by atoms with Crippen molar-refractivity contribution in [3.05, 3.63) is 39.9 Å². The molecule has 2 saturated heterocycles. The van der Waals surface area contributed by atoms with Gasteiger partial charge >= 0.3 is 0 Å². The summed E-state index contributed by atoms with van der Waals surface area (Å²) in [6, 6.07) is 6.12. The lowest BCUT2D eigenvalue weighted by Gasteiger charge is -2.35. The van der Waals surface area contributed by atoms with Crippen molar-refractivity contribution in [2.24, 2.45) is 0 Å². The van der Waals surface area contributed by atoms with Crippen LogP contribution < -0.4 is 0 Å².